The Kier molecular flexibility index (Phi) is 17.5. The second kappa shape index (κ2) is 25.4. The van der Waals surface area contributed by atoms with E-state index in [4.69, 9.17) is 0 Å². The van der Waals surface area contributed by atoms with Gasteiger partial charge in [0.2, 0.25) is 0 Å². The second-order valence-electron chi connectivity index (χ2n) is 25.2. The Bertz CT molecular complexity index is 4140. The van der Waals surface area contributed by atoms with Gasteiger partial charge in [-0.15, -0.1) is 0 Å². The van der Waals surface area contributed by atoms with Crippen molar-refractivity contribution in [3.8, 4) is 66.8 Å². The van der Waals surface area contributed by atoms with Crippen LogP contribution in [0.15, 0.2) is 303 Å². The van der Waals surface area contributed by atoms with E-state index in [9.17, 15) is 0 Å². The first kappa shape index (κ1) is 60.6. The van der Waals surface area contributed by atoms with Crippen LogP contribution in [0.4, 0.5) is 28.4 Å². The molecule has 0 radical (unpaired) electrons. The van der Waals surface area contributed by atoms with Gasteiger partial charge in [0.05, 0.1) is 0 Å². The van der Waals surface area contributed by atoms with Crippen molar-refractivity contribution in [2.75, 3.05) is 10.2 Å². The number of rotatable bonds is 9. The van der Waals surface area contributed by atoms with Gasteiger partial charge in [-0.1, -0.05) is 293 Å². The molecule has 0 bridgehead atoms. The van der Waals surface area contributed by atoms with Crippen molar-refractivity contribution >= 4 is 51.0 Å². The van der Waals surface area contributed by atoms with Crippen LogP contribution in [-0.2, 0) is 21.7 Å². The number of nitrogens with one attached hydrogen (secondary N) is 1. The van der Waals surface area contributed by atoms with Crippen LogP contribution < -0.4 is 10.2 Å². The van der Waals surface area contributed by atoms with Crippen LogP contribution in [-0.4, -0.2) is 0 Å². The summed E-state index contributed by atoms with van der Waals surface area (Å²) in [5, 5.41) is 3.46. The summed E-state index contributed by atoms with van der Waals surface area (Å²) in [4.78, 5) is 2.40. The molecule has 0 atom stereocenters. The minimum Gasteiger partial charge on any atom is -0.356 e. The zero-order valence-electron chi connectivity index (χ0n) is 51.2. The first-order chi connectivity index (χ1) is 42.1. The van der Waals surface area contributed by atoms with E-state index in [1.54, 1.807) is 0 Å². The van der Waals surface area contributed by atoms with Crippen molar-refractivity contribution < 1.29 is 0 Å². The van der Waals surface area contributed by atoms with Gasteiger partial charge >= 0.3 is 0 Å². The minimum atomic E-state index is -0.0628. The first-order valence-electron chi connectivity index (χ1n) is 30.4. The van der Waals surface area contributed by atoms with Crippen LogP contribution >= 0.6 is 22.6 Å². The second-order valence-corrected chi connectivity index (χ2v) is 26.4. The van der Waals surface area contributed by atoms with E-state index in [1.165, 1.54) is 98.3 Å². The van der Waals surface area contributed by atoms with Crippen LogP contribution in [0, 0.1) is 3.57 Å². The van der Waals surface area contributed by atoms with Crippen molar-refractivity contribution in [2.24, 2.45) is 0 Å². The van der Waals surface area contributed by atoms with E-state index in [1.807, 2.05) is 12.1 Å². The third kappa shape index (κ3) is 11.9. The molecule has 1 N–H and O–H groups in total. The molecule has 0 heterocycles. The number of benzene rings is 12. The molecule has 3 heteroatoms. The van der Waals surface area contributed by atoms with Gasteiger partial charge in [0.15, 0.2) is 0 Å². The lowest BCUT2D eigenvalue weighted by Crippen LogP contribution is -2.43. The molecular formula is C85H79IN2. The molecule has 0 fully saturated rings. The molecule has 0 aliphatic heterocycles. The molecule has 12 aromatic carbocycles. The van der Waals surface area contributed by atoms with Crippen LogP contribution in [0.3, 0.4) is 0 Å². The molecule has 88 heavy (non-hydrogen) atoms. The Morgan fingerprint density at radius 2 is 0.511 bits per heavy atom. The van der Waals surface area contributed by atoms with E-state index < -0.39 is 0 Å². The van der Waals surface area contributed by atoms with Crippen molar-refractivity contribution in [1.29, 1.82) is 0 Å². The number of hydrogen-bond acceptors (Lipinski definition) is 2. The van der Waals surface area contributed by atoms with Crippen LogP contribution in [0.5, 0.6) is 0 Å². The summed E-state index contributed by atoms with van der Waals surface area (Å²) in [6.07, 6.45) is 0. The zero-order chi connectivity index (χ0) is 60.3. The van der Waals surface area contributed by atoms with Crippen LogP contribution in [0.25, 0.3) is 66.8 Å². The highest BCUT2D eigenvalue weighted by Gasteiger charge is 2.47. The van der Waals surface area contributed by atoms with E-state index in [0.717, 1.165) is 22.7 Å². The lowest BCUT2D eigenvalue weighted by atomic mass is 9.55. The number of fused-ring (bicyclic) bond motifs is 6. The van der Waals surface area contributed by atoms with Gasteiger partial charge in [-0.3, -0.25) is 0 Å². The third-order valence-electron chi connectivity index (χ3n) is 19.2. The molecule has 2 aliphatic rings. The van der Waals surface area contributed by atoms with Crippen LogP contribution in [0.2, 0.25) is 0 Å². The predicted molar refractivity (Wildman–Crippen MR) is 388 cm³/mol. The van der Waals surface area contributed by atoms with Crippen molar-refractivity contribution in [2.45, 2.75) is 84.5 Å². The molecule has 0 saturated carbocycles. The van der Waals surface area contributed by atoms with Crippen molar-refractivity contribution in [3.05, 3.63) is 329 Å². The molecule has 14 rings (SSSR count). The monoisotopic (exact) mass is 1250 g/mol. The number of halogens is 1. The fourth-order valence-electron chi connectivity index (χ4n) is 12.8. The largest absolute Gasteiger partial charge is 0.356 e. The van der Waals surface area contributed by atoms with Gasteiger partial charge in [0.25, 0.3) is 0 Å². The lowest BCUT2D eigenvalue weighted by Gasteiger charge is -2.48. The third-order valence-corrected chi connectivity index (χ3v) is 19.9. The maximum Gasteiger partial charge on any atom is 0.0464 e. The van der Waals surface area contributed by atoms with Gasteiger partial charge in [-0.2, -0.15) is 0 Å². The highest BCUT2D eigenvalue weighted by atomic mass is 127. The molecule has 2 nitrogen and oxygen atoms in total. The summed E-state index contributed by atoms with van der Waals surface area (Å²) in [7, 11) is 0. The molecule has 0 spiro atoms. The van der Waals surface area contributed by atoms with E-state index in [0.29, 0.717) is 0 Å². The van der Waals surface area contributed by atoms with Gasteiger partial charge in [0.1, 0.15) is 0 Å². The zero-order valence-corrected chi connectivity index (χ0v) is 53.4. The fourth-order valence-corrected chi connectivity index (χ4v) is 13.3. The lowest BCUT2D eigenvalue weighted by molar-refractivity contribution is 0.299. The number of nitrogens with zero attached hydrogens (tertiary/aromatic N) is 1. The van der Waals surface area contributed by atoms with Gasteiger partial charge in [-0.25, -0.2) is 0 Å². The predicted octanol–water partition coefficient (Wildman–Crippen LogP) is 24.7. The van der Waals surface area contributed by atoms with Gasteiger partial charge in [-0.05, 0) is 206 Å². The highest BCUT2D eigenvalue weighted by Crippen LogP contribution is 2.56. The van der Waals surface area contributed by atoms with E-state index in [2.05, 4.69) is 379 Å². The standard InChI is InChI=1S/C42H37N.C24H19N.C18H19I.CH4/c1-41(2)39-18-12-11-17-37(39)38-28-27-36(29-40(38)42(41,3)4)43(34-23-19-32(20-24-34)30-13-7-5-8-14-30)35-25-21-33(22-26-35)31-15-9-6-10-16-31;1-3-7-19(8-4-1)21-11-15-23(16-12-21)25-24-17-13-22(14-18-24)20-9-5-2-6-10-20;1-17(2)15-8-6-5-7-13(15)14-10-9-12(19)11-16(14)18(17,3)4;/h5-29H,1-4H3;1-18,25H;5-11H,1-4H3;1H4. The molecule has 0 amide bonds. The fraction of sp³-hybridized carbons (Fsp3) is 0.153. The molecule has 436 valence electrons. The highest BCUT2D eigenvalue weighted by molar-refractivity contribution is 14.1. The molecule has 12 aromatic rings. The number of hydrogen-bond donors (Lipinski definition) is 1. The van der Waals surface area contributed by atoms with Crippen LogP contribution in [0.1, 0.15) is 85.1 Å². The Morgan fingerprint density at radius 1 is 0.250 bits per heavy atom. The topological polar surface area (TPSA) is 15.3 Å². The van der Waals surface area contributed by atoms with Gasteiger partial charge < -0.3 is 10.2 Å². The summed E-state index contributed by atoms with van der Waals surface area (Å²) in [6, 6.07) is 109. The minimum absolute atomic E-state index is 0. The Balaban J connectivity index is 0.000000150. The molecule has 0 saturated heterocycles. The summed E-state index contributed by atoms with van der Waals surface area (Å²) in [5.41, 5.74) is 26.9. The molecule has 2 aliphatic carbocycles. The molecule has 0 aromatic heterocycles. The maximum atomic E-state index is 3.46. The van der Waals surface area contributed by atoms with Crippen molar-refractivity contribution in [3.63, 3.8) is 0 Å². The average molecular weight is 1260 g/mol. The normalized spacial score (nSPS) is 14.0. The first-order valence-corrected chi connectivity index (χ1v) is 31.5. The summed E-state index contributed by atoms with van der Waals surface area (Å²) in [6.45, 7) is 19.1. The SMILES string of the molecule is C.CC1(C)c2ccccc2-c2ccc(I)cc2C1(C)C.CC1(C)c2ccccc2-c2ccc(N(c3ccc(-c4ccccc4)cc3)c3ccc(-c4ccccc4)cc3)cc2C1(C)C.c1ccc(-c2ccc(Nc3ccc(-c4ccccc4)cc3)cc2)cc1. The summed E-state index contributed by atoms with van der Waals surface area (Å²) in [5.74, 6) is 0. The summed E-state index contributed by atoms with van der Waals surface area (Å²) >= 11 is 2.41. The van der Waals surface area contributed by atoms with Gasteiger partial charge in [0, 0.05) is 32.0 Å². The maximum absolute atomic E-state index is 3.46. The van der Waals surface area contributed by atoms with E-state index in [-0.39, 0.29) is 29.1 Å². The Hall–Kier alpha value is -9.03. The average Bonchev–Trinajstić information content (AvgIpc) is 0.930. The molecule has 0 unspecified atom stereocenters. The Morgan fingerprint density at radius 3 is 0.875 bits per heavy atom. The quantitative estimate of drug-likeness (QED) is 0.145. The van der Waals surface area contributed by atoms with Crippen molar-refractivity contribution in [1.82, 2.24) is 0 Å². The number of anilines is 5. The van der Waals surface area contributed by atoms with E-state index >= 15 is 0 Å². The molecular weight excluding hydrogens is 1180 g/mol. The smallest absolute Gasteiger partial charge is 0.0464 e. The Labute approximate surface area is 537 Å². The summed E-state index contributed by atoms with van der Waals surface area (Å²) < 4.78 is 1.32.